The SMILES string of the molecule is OC(COc1cccc(CN2CCCCCCCC2)c1)CN1CCOCC1. The van der Waals surface area contributed by atoms with Crippen LogP contribution in [-0.4, -0.2) is 73.6 Å². The van der Waals surface area contributed by atoms with Crippen molar-refractivity contribution in [3.8, 4) is 5.75 Å². The third-order valence-corrected chi connectivity index (χ3v) is 5.52. The molecule has 1 aromatic rings. The van der Waals surface area contributed by atoms with Gasteiger partial charge < -0.3 is 14.6 Å². The summed E-state index contributed by atoms with van der Waals surface area (Å²) >= 11 is 0. The van der Waals surface area contributed by atoms with Gasteiger partial charge in [-0.2, -0.15) is 0 Å². The van der Waals surface area contributed by atoms with Crippen LogP contribution in [0.1, 0.15) is 44.1 Å². The number of aliphatic hydroxyl groups excluding tert-OH is 1. The van der Waals surface area contributed by atoms with Crippen LogP contribution in [-0.2, 0) is 11.3 Å². The van der Waals surface area contributed by atoms with E-state index in [1.54, 1.807) is 0 Å². The van der Waals surface area contributed by atoms with Gasteiger partial charge in [0.1, 0.15) is 18.5 Å². The first-order chi connectivity index (χ1) is 13.3. The third-order valence-electron chi connectivity index (χ3n) is 5.52. The fraction of sp³-hybridized carbons (Fsp3) is 0.727. The normalized spacial score (nSPS) is 21.8. The second-order valence-electron chi connectivity index (χ2n) is 7.92. The van der Waals surface area contributed by atoms with Gasteiger partial charge in [0.2, 0.25) is 0 Å². The predicted octanol–water partition coefficient (Wildman–Crippen LogP) is 2.91. The molecule has 27 heavy (non-hydrogen) atoms. The van der Waals surface area contributed by atoms with Crippen molar-refractivity contribution in [2.75, 3.05) is 52.5 Å². The van der Waals surface area contributed by atoms with Gasteiger partial charge in [-0.25, -0.2) is 0 Å². The standard InChI is InChI=1S/C22H36N2O3/c25-21(18-24-12-14-26-15-13-24)19-27-22-9-7-8-20(16-22)17-23-10-5-3-1-2-4-6-11-23/h7-9,16,21,25H,1-6,10-15,17-19H2. The molecule has 5 heteroatoms. The molecule has 2 saturated heterocycles. The molecule has 0 aromatic heterocycles. The van der Waals surface area contributed by atoms with Gasteiger partial charge in [-0.1, -0.05) is 37.8 Å². The van der Waals surface area contributed by atoms with Crippen LogP contribution in [0, 0.1) is 0 Å². The Hall–Kier alpha value is -1.14. The average molecular weight is 377 g/mol. The highest BCUT2D eigenvalue weighted by atomic mass is 16.5. The zero-order valence-electron chi connectivity index (χ0n) is 16.7. The summed E-state index contributed by atoms with van der Waals surface area (Å²) in [4.78, 5) is 4.82. The van der Waals surface area contributed by atoms with Crippen LogP contribution in [0.2, 0.25) is 0 Å². The number of ether oxygens (including phenoxy) is 2. The van der Waals surface area contributed by atoms with Gasteiger partial charge in [0.15, 0.2) is 0 Å². The van der Waals surface area contributed by atoms with Crippen LogP contribution in [0.15, 0.2) is 24.3 Å². The molecule has 2 aliphatic rings. The van der Waals surface area contributed by atoms with Crippen LogP contribution in [0.25, 0.3) is 0 Å². The van der Waals surface area contributed by atoms with Gasteiger partial charge in [0.25, 0.3) is 0 Å². The van der Waals surface area contributed by atoms with E-state index in [2.05, 4.69) is 28.0 Å². The number of hydrogen-bond acceptors (Lipinski definition) is 5. The lowest BCUT2D eigenvalue weighted by Gasteiger charge is -2.28. The molecular weight excluding hydrogens is 340 g/mol. The second-order valence-corrected chi connectivity index (χ2v) is 7.92. The van der Waals surface area contributed by atoms with Gasteiger partial charge in [0, 0.05) is 26.2 Å². The molecule has 3 rings (SSSR count). The minimum absolute atomic E-state index is 0.338. The molecule has 1 unspecified atom stereocenters. The topological polar surface area (TPSA) is 45.2 Å². The molecule has 0 amide bonds. The van der Waals surface area contributed by atoms with Crippen molar-refractivity contribution in [3.63, 3.8) is 0 Å². The largest absolute Gasteiger partial charge is 0.491 e. The summed E-state index contributed by atoms with van der Waals surface area (Å²) < 4.78 is 11.2. The van der Waals surface area contributed by atoms with Gasteiger partial charge >= 0.3 is 0 Å². The molecule has 0 radical (unpaired) electrons. The highest BCUT2D eigenvalue weighted by Crippen LogP contribution is 2.18. The monoisotopic (exact) mass is 376 g/mol. The second kappa shape index (κ2) is 11.6. The summed E-state index contributed by atoms with van der Waals surface area (Å²) in [5.74, 6) is 0.859. The zero-order chi connectivity index (χ0) is 18.7. The van der Waals surface area contributed by atoms with Crippen LogP contribution < -0.4 is 4.74 Å². The lowest BCUT2D eigenvalue weighted by molar-refractivity contribution is 0.00464. The third kappa shape index (κ3) is 7.78. The summed E-state index contributed by atoms with van der Waals surface area (Å²) in [7, 11) is 0. The lowest BCUT2D eigenvalue weighted by atomic mass is 10.1. The molecule has 1 atom stereocenters. The van der Waals surface area contributed by atoms with Gasteiger partial charge in [-0.05, 0) is 43.6 Å². The van der Waals surface area contributed by atoms with E-state index in [0.29, 0.717) is 13.2 Å². The molecule has 0 bridgehead atoms. The first-order valence-electron chi connectivity index (χ1n) is 10.7. The number of morpholine rings is 1. The zero-order valence-corrected chi connectivity index (χ0v) is 16.7. The van der Waals surface area contributed by atoms with Crippen molar-refractivity contribution in [1.29, 1.82) is 0 Å². The van der Waals surface area contributed by atoms with E-state index in [-0.39, 0.29) is 0 Å². The van der Waals surface area contributed by atoms with Crippen LogP contribution in [0.3, 0.4) is 0 Å². The fourth-order valence-corrected chi connectivity index (χ4v) is 3.97. The highest BCUT2D eigenvalue weighted by Gasteiger charge is 2.15. The van der Waals surface area contributed by atoms with E-state index in [1.807, 2.05) is 6.07 Å². The average Bonchev–Trinajstić information content (AvgIpc) is 2.82. The fourth-order valence-electron chi connectivity index (χ4n) is 3.97. The molecule has 152 valence electrons. The van der Waals surface area contributed by atoms with Crippen molar-refractivity contribution in [2.24, 2.45) is 0 Å². The highest BCUT2D eigenvalue weighted by molar-refractivity contribution is 5.28. The van der Waals surface area contributed by atoms with Crippen LogP contribution in [0.5, 0.6) is 5.75 Å². The van der Waals surface area contributed by atoms with Gasteiger partial charge in [-0.15, -0.1) is 0 Å². The Balaban J connectivity index is 1.44. The Kier molecular flexibility index (Phi) is 8.88. The summed E-state index contributed by atoms with van der Waals surface area (Å²) in [5.41, 5.74) is 1.30. The number of β-amino-alcohol motifs (C(OH)–C–C–N with tert-alkyl or cyclic N) is 1. The quantitative estimate of drug-likeness (QED) is 0.793. The summed E-state index contributed by atoms with van der Waals surface area (Å²) in [5, 5.41) is 10.3. The Morgan fingerprint density at radius 2 is 1.63 bits per heavy atom. The molecule has 2 fully saturated rings. The molecular formula is C22H36N2O3. The Labute approximate surface area is 164 Å². The Morgan fingerprint density at radius 3 is 2.37 bits per heavy atom. The Bertz CT molecular complexity index is 524. The van der Waals surface area contributed by atoms with E-state index >= 15 is 0 Å². The maximum absolute atomic E-state index is 10.3. The first kappa shape index (κ1) is 20.6. The van der Waals surface area contributed by atoms with Crippen molar-refractivity contribution >= 4 is 0 Å². The minimum atomic E-state index is -0.468. The summed E-state index contributed by atoms with van der Waals surface area (Å²) in [6.45, 7) is 7.67. The number of hydrogen-bond donors (Lipinski definition) is 1. The molecule has 2 heterocycles. The van der Waals surface area contributed by atoms with E-state index in [9.17, 15) is 5.11 Å². The van der Waals surface area contributed by atoms with Crippen molar-refractivity contribution in [2.45, 2.75) is 51.2 Å². The van der Waals surface area contributed by atoms with Gasteiger partial charge in [0.05, 0.1) is 13.2 Å². The molecule has 0 aliphatic carbocycles. The van der Waals surface area contributed by atoms with Crippen LogP contribution in [0.4, 0.5) is 0 Å². The maximum Gasteiger partial charge on any atom is 0.119 e. The van der Waals surface area contributed by atoms with Crippen LogP contribution >= 0.6 is 0 Å². The van der Waals surface area contributed by atoms with E-state index in [4.69, 9.17) is 9.47 Å². The van der Waals surface area contributed by atoms with Gasteiger partial charge in [-0.3, -0.25) is 9.80 Å². The molecule has 1 aromatic carbocycles. The van der Waals surface area contributed by atoms with E-state index in [1.165, 1.54) is 57.2 Å². The van der Waals surface area contributed by atoms with Crippen molar-refractivity contribution in [1.82, 2.24) is 9.80 Å². The van der Waals surface area contributed by atoms with E-state index < -0.39 is 6.10 Å². The number of benzene rings is 1. The number of nitrogens with zero attached hydrogens (tertiary/aromatic N) is 2. The van der Waals surface area contributed by atoms with Crippen molar-refractivity contribution in [3.05, 3.63) is 29.8 Å². The molecule has 0 spiro atoms. The molecule has 0 saturated carbocycles. The molecule has 2 aliphatic heterocycles. The lowest BCUT2D eigenvalue weighted by Crippen LogP contribution is -2.42. The Morgan fingerprint density at radius 1 is 0.926 bits per heavy atom. The summed E-state index contributed by atoms with van der Waals surface area (Å²) in [6, 6.07) is 8.37. The number of aliphatic hydroxyl groups is 1. The van der Waals surface area contributed by atoms with Crippen molar-refractivity contribution < 1.29 is 14.6 Å². The predicted molar refractivity (Wildman–Crippen MR) is 108 cm³/mol. The number of rotatable bonds is 7. The first-order valence-corrected chi connectivity index (χ1v) is 10.7. The summed E-state index contributed by atoms with van der Waals surface area (Å²) in [6.07, 6.45) is 7.66. The van der Waals surface area contributed by atoms with E-state index in [0.717, 1.165) is 38.6 Å². The molecule has 5 nitrogen and oxygen atoms in total. The smallest absolute Gasteiger partial charge is 0.119 e. The minimum Gasteiger partial charge on any atom is -0.491 e. The molecule has 1 N–H and O–H groups in total. The maximum atomic E-state index is 10.3.